The molecular formula is C11H17N7. The van der Waals surface area contributed by atoms with Crippen molar-refractivity contribution < 1.29 is 0 Å². The minimum Gasteiger partial charge on any atom is -0.337 e. The van der Waals surface area contributed by atoms with E-state index in [1.807, 2.05) is 11.6 Å². The summed E-state index contributed by atoms with van der Waals surface area (Å²) >= 11 is 0. The van der Waals surface area contributed by atoms with E-state index in [9.17, 15) is 0 Å². The van der Waals surface area contributed by atoms with E-state index in [0.717, 1.165) is 37.1 Å². The van der Waals surface area contributed by atoms with Gasteiger partial charge in [0.15, 0.2) is 5.82 Å². The van der Waals surface area contributed by atoms with Crippen LogP contribution in [-0.2, 0) is 7.05 Å². The Morgan fingerprint density at radius 2 is 2.33 bits per heavy atom. The van der Waals surface area contributed by atoms with E-state index in [1.54, 1.807) is 12.5 Å². The first-order chi connectivity index (χ1) is 8.74. The number of nitrogens with one attached hydrogen (secondary N) is 2. The fourth-order valence-electron chi connectivity index (χ4n) is 2.21. The van der Waals surface area contributed by atoms with E-state index in [-0.39, 0.29) is 0 Å². The monoisotopic (exact) mass is 247 g/mol. The summed E-state index contributed by atoms with van der Waals surface area (Å²) in [4.78, 5) is 10.8. The largest absolute Gasteiger partial charge is 0.337 e. The van der Waals surface area contributed by atoms with Crippen molar-refractivity contribution in [2.24, 2.45) is 7.05 Å². The van der Waals surface area contributed by atoms with Crippen LogP contribution in [0, 0.1) is 0 Å². The average Bonchev–Trinajstić information content (AvgIpc) is 2.97. The summed E-state index contributed by atoms with van der Waals surface area (Å²) < 4.78 is 1.92. The topological polar surface area (TPSA) is 74.7 Å². The molecule has 1 saturated heterocycles. The lowest BCUT2D eigenvalue weighted by molar-refractivity contribution is 0.480. The van der Waals surface area contributed by atoms with Crippen LogP contribution in [-0.4, -0.2) is 50.4 Å². The lowest BCUT2D eigenvalue weighted by atomic mass is 10.2. The molecule has 3 heterocycles. The summed E-state index contributed by atoms with van der Waals surface area (Å²) in [6.07, 6.45) is 3.54. The van der Waals surface area contributed by atoms with Gasteiger partial charge in [-0.2, -0.15) is 4.98 Å². The highest BCUT2D eigenvalue weighted by Crippen LogP contribution is 2.17. The molecule has 1 aliphatic rings. The summed E-state index contributed by atoms with van der Waals surface area (Å²) in [5, 5.41) is 10.7. The van der Waals surface area contributed by atoms with E-state index in [4.69, 9.17) is 0 Å². The molecular weight excluding hydrogens is 230 g/mol. The predicted octanol–water partition coefficient (Wildman–Crippen LogP) is 0.00330. The number of H-pyrrole nitrogens is 1. The lowest BCUT2D eigenvalue weighted by Crippen LogP contribution is -2.49. The lowest BCUT2D eigenvalue weighted by Gasteiger charge is -2.30. The Morgan fingerprint density at radius 3 is 3.06 bits per heavy atom. The molecule has 0 saturated carbocycles. The van der Waals surface area contributed by atoms with E-state index >= 15 is 0 Å². The molecule has 0 aromatic carbocycles. The highest BCUT2D eigenvalue weighted by Gasteiger charge is 2.20. The molecule has 2 aromatic heterocycles. The fourth-order valence-corrected chi connectivity index (χ4v) is 2.21. The number of piperazine rings is 1. The van der Waals surface area contributed by atoms with Gasteiger partial charge in [0.05, 0.1) is 12.5 Å². The molecule has 1 fully saturated rings. The first-order valence-corrected chi connectivity index (χ1v) is 6.11. The van der Waals surface area contributed by atoms with Crippen LogP contribution in [0.2, 0.25) is 0 Å². The standard InChI is InChI=1S/C11H17N7/c1-8-6-18(4-3-13-8)11-14-10(15-16-11)9-5-12-7-17(9)2/h5,7-8,13H,3-4,6H2,1-2H3,(H,14,15,16)/t8-/m1/s1. The smallest absolute Gasteiger partial charge is 0.245 e. The van der Waals surface area contributed by atoms with Gasteiger partial charge < -0.3 is 14.8 Å². The maximum absolute atomic E-state index is 4.54. The summed E-state index contributed by atoms with van der Waals surface area (Å²) in [5.41, 5.74) is 0.942. The van der Waals surface area contributed by atoms with Gasteiger partial charge >= 0.3 is 0 Å². The van der Waals surface area contributed by atoms with Crippen LogP contribution in [0.3, 0.4) is 0 Å². The third kappa shape index (κ3) is 1.97. The third-order valence-corrected chi connectivity index (χ3v) is 3.18. The fraction of sp³-hybridized carbons (Fsp3) is 0.545. The highest BCUT2D eigenvalue weighted by molar-refractivity contribution is 5.50. The van der Waals surface area contributed by atoms with Gasteiger partial charge in [-0.1, -0.05) is 0 Å². The molecule has 96 valence electrons. The van der Waals surface area contributed by atoms with Crippen LogP contribution in [0.4, 0.5) is 5.95 Å². The molecule has 0 amide bonds. The molecule has 0 unspecified atom stereocenters. The number of nitrogens with zero attached hydrogens (tertiary/aromatic N) is 5. The van der Waals surface area contributed by atoms with Gasteiger partial charge in [0.25, 0.3) is 0 Å². The molecule has 1 atom stereocenters. The Labute approximate surface area is 105 Å². The molecule has 2 aromatic rings. The summed E-state index contributed by atoms with van der Waals surface area (Å²) in [7, 11) is 1.94. The van der Waals surface area contributed by atoms with Gasteiger partial charge in [0.2, 0.25) is 5.95 Å². The van der Waals surface area contributed by atoms with Crippen LogP contribution in [0.25, 0.3) is 11.5 Å². The molecule has 2 N–H and O–H groups in total. The molecule has 7 nitrogen and oxygen atoms in total. The van der Waals surface area contributed by atoms with Gasteiger partial charge in [0.1, 0.15) is 5.69 Å². The van der Waals surface area contributed by atoms with E-state index in [0.29, 0.717) is 6.04 Å². The second-order valence-corrected chi connectivity index (χ2v) is 4.67. The van der Waals surface area contributed by atoms with E-state index in [2.05, 4.69) is 37.3 Å². The van der Waals surface area contributed by atoms with Gasteiger partial charge in [0, 0.05) is 32.7 Å². The normalized spacial score (nSPS) is 20.3. The van der Waals surface area contributed by atoms with Crippen molar-refractivity contribution in [3.63, 3.8) is 0 Å². The van der Waals surface area contributed by atoms with E-state index in [1.165, 1.54) is 0 Å². The minimum absolute atomic E-state index is 0.470. The number of rotatable bonds is 2. The molecule has 18 heavy (non-hydrogen) atoms. The van der Waals surface area contributed by atoms with Crippen molar-refractivity contribution in [1.82, 2.24) is 30.0 Å². The SMILES string of the molecule is C[C@@H]1CN(c2n[nH]c(-c3cncn3C)n2)CCN1. The number of aromatic nitrogens is 5. The van der Waals surface area contributed by atoms with Crippen molar-refractivity contribution in [2.75, 3.05) is 24.5 Å². The maximum Gasteiger partial charge on any atom is 0.245 e. The summed E-state index contributed by atoms with van der Waals surface area (Å²) in [6.45, 7) is 5.01. The molecule has 0 spiro atoms. The van der Waals surface area contributed by atoms with Crippen molar-refractivity contribution in [3.8, 4) is 11.5 Å². The van der Waals surface area contributed by atoms with Crippen LogP contribution < -0.4 is 10.2 Å². The number of aryl methyl sites for hydroxylation is 1. The third-order valence-electron chi connectivity index (χ3n) is 3.18. The zero-order valence-electron chi connectivity index (χ0n) is 10.6. The summed E-state index contributed by atoms with van der Waals surface area (Å²) in [6, 6.07) is 0.470. The first kappa shape index (κ1) is 11.2. The zero-order chi connectivity index (χ0) is 12.5. The number of aromatic amines is 1. The van der Waals surface area contributed by atoms with Crippen LogP contribution in [0.15, 0.2) is 12.5 Å². The summed E-state index contributed by atoms with van der Waals surface area (Å²) in [5.74, 6) is 1.52. The van der Waals surface area contributed by atoms with Gasteiger partial charge in [-0.25, -0.2) is 4.98 Å². The molecule has 7 heteroatoms. The minimum atomic E-state index is 0.470. The molecule has 0 bridgehead atoms. The quantitative estimate of drug-likeness (QED) is 0.781. The number of hydrogen-bond acceptors (Lipinski definition) is 5. The van der Waals surface area contributed by atoms with Crippen LogP contribution in [0.1, 0.15) is 6.92 Å². The van der Waals surface area contributed by atoms with Gasteiger partial charge in [-0.15, -0.1) is 5.10 Å². The predicted molar refractivity (Wildman–Crippen MR) is 68.3 cm³/mol. The maximum atomic E-state index is 4.54. The van der Waals surface area contributed by atoms with Crippen molar-refractivity contribution in [1.29, 1.82) is 0 Å². The number of hydrogen-bond donors (Lipinski definition) is 2. The Hall–Kier alpha value is -1.89. The van der Waals surface area contributed by atoms with Gasteiger partial charge in [-0.05, 0) is 6.92 Å². The van der Waals surface area contributed by atoms with Crippen molar-refractivity contribution in [3.05, 3.63) is 12.5 Å². The van der Waals surface area contributed by atoms with Gasteiger partial charge in [-0.3, -0.25) is 5.10 Å². The average molecular weight is 247 g/mol. The molecule has 3 rings (SSSR count). The van der Waals surface area contributed by atoms with Crippen LogP contribution in [0.5, 0.6) is 0 Å². The molecule has 1 aliphatic heterocycles. The Bertz CT molecular complexity index is 529. The van der Waals surface area contributed by atoms with E-state index < -0.39 is 0 Å². The van der Waals surface area contributed by atoms with Crippen molar-refractivity contribution in [2.45, 2.75) is 13.0 Å². The molecule has 0 aliphatic carbocycles. The Kier molecular flexibility index (Phi) is 2.75. The Morgan fingerprint density at radius 1 is 1.44 bits per heavy atom. The number of imidazole rings is 1. The zero-order valence-corrected chi connectivity index (χ0v) is 10.6. The number of anilines is 1. The Balaban J connectivity index is 1.83. The van der Waals surface area contributed by atoms with Crippen LogP contribution >= 0.6 is 0 Å². The molecule has 0 radical (unpaired) electrons. The first-order valence-electron chi connectivity index (χ1n) is 6.11. The second-order valence-electron chi connectivity index (χ2n) is 4.67. The van der Waals surface area contributed by atoms with Crippen molar-refractivity contribution >= 4 is 5.95 Å². The second kappa shape index (κ2) is 4.41. The highest BCUT2D eigenvalue weighted by atomic mass is 15.4.